The number of rotatable bonds is 23. The Morgan fingerprint density at radius 2 is 0.970 bits per heavy atom. The van der Waals surface area contributed by atoms with Gasteiger partial charge in [0.05, 0.1) is 41.5 Å². The van der Waals surface area contributed by atoms with Gasteiger partial charge in [-0.15, -0.1) is 0 Å². The maximum Gasteiger partial charge on any atom is 0.303 e. The zero-order valence-electron chi connectivity index (χ0n) is 42.1. The number of benzene rings is 4. The fourth-order valence-electron chi connectivity index (χ4n) is 7.61. The van der Waals surface area contributed by atoms with E-state index in [2.05, 4.69) is 51.1 Å². The normalized spacial score (nSPS) is 12.1. The van der Waals surface area contributed by atoms with Crippen LogP contribution in [0.1, 0.15) is 132 Å². The first kappa shape index (κ1) is 58.3. The number of methoxy groups -OCH3 is 4. The lowest BCUT2D eigenvalue weighted by molar-refractivity contribution is -0.141. The largest absolute Gasteiger partial charge is 0.496 e. The average Bonchev–Trinajstić information content (AvgIpc) is 3.33. The first-order valence-corrected chi connectivity index (χ1v) is 23.0. The van der Waals surface area contributed by atoms with Crippen molar-refractivity contribution in [1.82, 2.24) is 0 Å². The maximum absolute atomic E-state index is 10.8. The Morgan fingerprint density at radius 3 is 1.33 bits per heavy atom. The van der Waals surface area contributed by atoms with Crippen molar-refractivity contribution in [3.8, 4) is 23.0 Å². The van der Waals surface area contributed by atoms with Crippen molar-refractivity contribution < 1.29 is 48.3 Å². The number of nitrogens with zero attached hydrogens (tertiary/aromatic N) is 2. The van der Waals surface area contributed by atoms with Crippen LogP contribution in [0.25, 0.3) is 0 Å². The molecule has 12 nitrogen and oxygen atoms in total. The summed E-state index contributed by atoms with van der Waals surface area (Å²) >= 11 is 0. The number of carbonyl (C=O) groups excluding carboxylic acids is 2. The molecule has 0 aliphatic carbocycles. The van der Waals surface area contributed by atoms with Gasteiger partial charge in [-0.2, -0.15) is 0 Å². The minimum absolute atomic E-state index is 0.0265. The number of aliphatic hydroxyl groups is 1. The molecule has 0 heterocycles. The lowest BCUT2D eigenvalue weighted by Gasteiger charge is -2.21. The second-order valence-corrected chi connectivity index (χ2v) is 16.2. The predicted molar refractivity (Wildman–Crippen MR) is 269 cm³/mol. The summed E-state index contributed by atoms with van der Waals surface area (Å²) in [7, 11) is 14.7. The summed E-state index contributed by atoms with van der Waals surface area (Å²) in [4.78, 5) is 36.3. The molecule has 0 radical (unpaired) electrons. The van der Waals surface area contributed by atoms with Gasteiger partial charge in [-0.05, 0) is 109 Å². The molecule has 0 aliphatic rings. The minimum Gasteiger partial charge on any atom is -0.496 e. The van der Waals surface area contributed by atoms with Crippen LogP contribution in [0, 0.1) is 0 Å². The highest BCUT2D eigenvalue weighted by molar-refractivity contribution is 5.68. The van der Waals surface area contributed by atoms with Crippen molar-refractivity contribution in [2.45, 2.75) is 110 Å². The Balaban J connectivity index is 0.000000444. The molecule has 366 valence electrons. The average molecular weight is 917 g/mol. The number of aliphatic carboxylic acids is 1. The van der Waals surface area contributed by atoms with Crippen molar-refractivity contribution in [3.63, 3.8) is 0 Å². The number of anilines is 2. The number of hydrogen-bond acceptors (Lipinski definition) is 11. The molecule has 2 N–H and O–H groups in total. The number of carbonyl (C=O) groups is 3. The Labute approximate surface area is 396 Å². The summed E-state index contributed by atoms with van der Waals surface area (Å²) in [6.07, 6.45) is 7.05. The molecule has 4 atom stereocenters. The summed E-state index contributed by atoms with van der Waals surface area (Å²) < 4.78 is 26.5. The van der Waals surface area contributed by atoms with Crippen LogP contribution >= 0.6 is 0 Å². The zero-order chi connectivity index (χ0) is 49.6. The smallest absolute Gasteiger partial charge is 0.303 e. The second kappa shape index (κ2) is 32.8. The van der Waals surface area contributed by atoms with E-state index in [-0.39, 0.29) is 30.8 Å². The molecule has 0 aliphatic heterocycles. The van der Waals surface area contributed by atoms with Gasteiger partial charge >= 0.3 is 11.9 Å². The van der Waals surface area contributed by atoms with Gasteiger partial charge in [0, 0.05) is 71.6 Å². The molecule has 0 saturated carbocycles. The van der Waals surface area contributed by atoms with Crippen molar-refractivity contribution >= 4 is 29.6 Å². The van der Waals surface area contributed by atoms with E-state index in [1.165, 1.54) is 18.1 Å². The molecule has 0 unspecified atom stereocenters. The topological polar surface area (TPSA) is 144 Å². The maximum atomic E-state index is 10.8. The van der Waals surface area contributed by atoms with Crippen molar-refractivity contribution in [2.24, 2.45) is 0 Å². The van der Waals surface area contributed by atoms with Crippen molar-refractivity contribution in [1.29, 1.82) is 0 Å². The van der Waals surface area contributed by atoms with Crippen molar-refractivity contribution in [3.05, 3.63) is 107 Å². The van der Waals surface area contributed by atoms with Gasteiger partial charge in [-0.25, -0.2) is 0 Å². The zero-order valence-corrected chi connectivity index (χ0v) is 42.1. The van der Waals surface area contributed by atoms with Crippen LogP contribution < -0.4 is 28.7 Å². The molecule has 0 bridgehead atoms. The highest BCUT2D eigenvalue weighted by Crippen LogP contribution is 2.36. The molecule has 66 heavy (non-hydrogen) atoms. The summed E-state index contributed by atoms with van der Waals surface area (Å²) in [5.41, 5.74) is 6.68. The van der Waals surface area contributed by atoms with E-state index in [1.54, 1.807) is 28.4 Å². The Kier molecular flexibility index (Phi) is 29.0. The van der Waals surface area contributed by atoms with E-state index in [0.717, 1.165) is 90.3 Å². The Bertz CT molecular complexity index is 1980. The highest BCUT2D eigenvalue weighted by atomic mass is 16.5. The summed E-state index contributed by atoms with van der Waals surface area (Å²) in [5, 5.41) is 17.8. The lowest BCUT2D eigenvalue weighted by Crippen LogP contribution is -2.11. The molecule has 0 fully saturated rings. The van der Waals surface area contributed by atoms with E-state index in [4.69, 9.17) is 33.9 Å². The number of carboxylic acid groups (broad SMARTS) is 1. The summed E-state index contributed by atoms with van der Waals surface area (Å²) in [6, 6.07) is 28.0. The molecule has 0 saturated heterocycles. The molecule has 0 aromatic heterocycles. The summed E-state index contributed by atoms with van der Waals surface area (Å²) in [5.74, 6) is 3.46. The molecule has 4 rings (SSSR count). The Morgan fingerprint density at radius 1 is 0.576 bits per heavy atom. The Hall–Kier alpha value is -5.75. The van der Waals surface area contributed by atoms with E-state index in [9.17, 15) is 14.4 Å². The molecular weight excluding hydrogens is 837 g/mol. The number of aldehydes is 1. The third kappa shape index (κ3) is 19.8. The summed E-state index contributed by atoms with van der Waals surface area (Å²) in [6.45, 7) is 10.5. The number of hydrogen-bond donors (Lipinski definition) is 2. The SMILES string of the molecule is CC[C@H](CC(=O)O)c1ccccc1OC.CC[C@H](CC=O)c1ccc(N(C)C)cc1OC.CC[C@H](CCO)c1ccccc1OC.CC[C@H](CCOC(C)=O)c1ccc(N(C)C)cc1OC. The highest BCUT2D eigenvalue weighted by Gasteiger charge is 2.19. The van der Waals surface area contributed by atoms with E-state index >= 15 is 0 Å². The predicted octanol–water partition coefficient (Wildman–Crippen LogP) is 11.3. The van der Waals surface area contributed by atoms with Crippen LogP contribution in [0.4, 0.5) is 11.4 Å². The molecular formula is C54H80N2O10. The van der Waals surface area contributed by atoms with Gasteiger partial charge in [0.15, 0.2) is 0 Å². The van der Waals surface area contributed by atoms with Gasteiger partial charge < -0.3 is 48.5 Å². The molecule has 12 heteroatoms. The van der Waals surface area contributed by atoms with Gasteiger partial charge in [0.25, 0.3) is 0 Å². The molecule has 0 amide bonds. The van der Waals surface area contributed by atoms with Crippen LogP contribution in [0.3, 0.4) is 0 Å². The van der Waals surface area contributed by atoms with Gasteiger partial charge in [-0.3, -0.25) is 9.59 Å². The van der Waals surface area contributed by atoms with Crippen LogP contribution in [0.5, 0.6) is 23.0 Å². The van der Waals surface area contributed by atoms with Gasteiger partial charge in [0.2, 0.25) is 0 Å². The third-order valence-corrected chi connectivity index (χ3v) is 11.5. The first-order valence-electron chi connectivity index (χ1n) is 23.0. The van der Waals surface area contributed by atoms with Gasteiger partial charge in [-0.1, -0.05) is 76.2 Å². The van der Waals surface area contributed by atoms with E-state index in [1.807, 2.05) is 99.5 Å². The number of para-hydroxylation sites is 2. The quantitative estimate of drug-likeness (QED) is 0.0540. The van der Waals surface area contributed by atoms with Crippen LogP contribution in [-0.2, 0) is 19.1 Å². The molecule has 4 aromatic carbocycles. The molecule has 4 aromatic rings. The van der Waals surface area contributed by atoms with Crippen LogP contribution in [-0.4, -0.2) is 98.3 Å². The van der Waals surface area contributed by atoms with Gasteiger partial charge in [0.1, 0.15) is 29.3 Å². The van der Waals surface area contributed by atoms with Crippen LogP contribution in [0.15, 0.2) is 84.9 Å². The fourth-order valence-corrected chi connectivity index (χ4v) is 7.61. The molecule has 0 spiro atoms. The number of ether oxygens (including phenoxy) is 5. The lowest BCUT2D eigenvalue weighted by atomic mass is 9.92. The second-order valence-electron chi connectivity index (χ2n) is 16.2. The first-order chi connectivity index (χ1) is 31.6. The fraction of sp³-hybridized carbons (Fsp3) is 0.500. The number of aliphatic hydroxyl groups excluding tert-OH is 1. The van der Waals surface area contributed by atoms with E-state index in [0.29, 0.717) is 24.9 Å². The standard InChI is InChI=1S/C16H25NO3.C14H21NO2.C12H16O3.C12H18O2/c1-6-13(9-10-20-12(2)18)15-8-7-14(17(3)4)11-16(15)19-5;1-5-11(8-9-16)13-7-6-12(15(2)3)10-14(13)17-4;1-3-9(8-12(13)14)10-6-4-5-7-11(10)15-2;1-3-10(8-9-13)11-6-4-5-7-12(11)14-2/h7-8,11,13H,6,9-10H2,1-5H3;6-7,9-11H,5,8H2,1-4H3;4-7,9H,3,8H2,1-2H3,(H,13,14);4-7,10,13H,3,8-9H2,1-2H3/t13-;11-;9-;10-/m1111/s1. The van der Waals surface area contributed by atoms with Crippen molar-refractivity contribution in [2.75, 3.05) is 79.6 Å². The minimum atomic E-state index is -0.771. The van der Waals surface area contributed by atoms with Crippen LogP contribution in [0.2, 0.25) is 0 Å². The monoisotopic (exact) mass is 917 g/mol. The number of carboxylic acids is 1. The third-order valence-electron chi connectivity index (χ3n) is 11.5. The number of esters is 1. The van der Waals surface area contributed by atoms with E-state index < -0.39 is 5.97 Å².